The van der Waals surface area contributed by atoms with Crippen molar-refractivity contribution >= 4 is 5.97 Å². The van der Waals surface area contributed by atoms with E-state index in [4.69, 9.17) is 4.89 Å². The summed E-state index contributed by atoms with van der Waals surface area (Å²) in [6.07, 6.45) is 0.971. The molecule has 15 heavy (non-hydrogen) atoms. The Labute approximate surface area is 87.7 Å². The van der Waals surface area contributed by atoms with Gasteiger partial charge in [-0.1, -0.05) is 13.0 Å². The molecule has 0 fully saturated rings. The van der Waals surface area contributed by atoms with Crippen LogP contribution >= 0.6 is 0 Å². The van der Waals surface area contributed by atoms with Gasteiger partial charge in [-0.15, -0.1) is 0 Å². The third-order valence-electron chi connectivity index (χ3n) is 1.90. The largest absolute Gasteiger partial charge is 0.355 e. The van der Waals surface area contributed by atoms with Gasteiger partial charge in [-0.25, -0.2) is 9.18 Å². The van der Waals surface area contributed by atoms with E-state index in [2.05, 4.69) is 4.89 Å². The SMILES string of the molecule is CCCC(=O)OOc1cccc(F)c1C. The molecule has 0 spiro atoms. The topological polar surface area (TPSA) is 35.5 Å². The van der Waals surface area contributed by atoms with Crippen molar-refractivity contribution < 1.29 is 19.0 Å². The Morgan fingerprint density at radius 1 is 1.47 bits per heavy atom. The maximum absolute atomic E-state index is 13.0. The first kappa shape index (κ1) is 11.5. The number of halogens is 1. The second-order valence-corrected chi connectivity index (χ2v) is 3.15. The van der Waals surface area contributed by atoms with Gasteiger partial charge in [0.05, 0.1) is 0 Å². The Morgan fingerprint density at radius 3 is 2.87 bits per heavy atom. The average molecular weight is 212 g/mol. The Balaban J connectivity index is 2.58. The van der Waals surface area contributed by atoms with Gasteiger partial charge in [0.15, 0.2) is 5.75 Å². The molecule has 0 aliphatic rings. The fraction of sp³-hybridized carbons (Fsp3) is 0.364. The minimum absolute atomic E-state index is 0.222. The van der Waals surface area contributed by atoms with Crippen molar-refractivity contribution in [2.75, 3.05) is 0 Å². The molecule has 0 saturated heterocycles. The lowest BCUT2D eigenvalue weighted by Crippen LogP contribution is -2.08. The van der Waals surface area contributed by atoms with E-state index in [-0.39, 0.29) is 18.0 Å². The third kappa shape index (κ3) is 3.23. The van der Waals surface area contributed by atoms with E-state index in [0.717, 1.165) is 0 Å². The summed E-state index contributed by atoms with van der Waals surface area (Å²) in [6.45, 7) is 3.41. The van der Waals surface area contributed by atoms with Crippen LogP contribution in [0.4, 0.5) is 4.39 Å². The summed E-state index contributed by atoms with van der Waals surface area (Å²) in [5.41, 5.74) is 0.321. The predicted octanol–water partition coefficient (Wildman–Crippen LogP) is 2.77. The average Bonchev–Trinajstić information content (AvgIpc) is 2.21. The van der Waals surface area contributed by atoms with E-state index in [1.807, 2.05) is 6.92 Å². The molecule has 0 atom stereocenters. The highest BCUT2D eigenvalue weighted by molar-refractivity contribution is 5.68. The lowest BCUT2D eigenvalue weighted by molar-refractivity contribution is -0.214. The van der Waals surface area contributed by atoms with Gasteiger partial charge >= 0.3 is 5.97 Å². The van der Waals surface area contributed by atoms with Crippen molar-refractivity contribution in [3.05, 3.63) is 29.6 Å². The number of benzene rings is 1. The molecule has 0 unspecified atom stereocenters. The lowest BCUT2D eigenvalue weighted by atomic mass is 10.2. The maximum atomic E-state index is 13.0. The van der Waals surface area contributed by atoms with E-state index in [1.54, 1.807) is 6.92 Å². The first-order valence-electron chi connectivity index (χ1n) is 4.77. The lowest BCUT2D eigenvalue weighted by Gasteiger charge is -2.06. The zero-order valence-electron chi connectivity index (χ0n) is 8.75. The minimum Gasteiger partial charge on any atom is -0.287 e. The highest BCUT2D eigenvalue weighted by atomic mass is 19.1. The molecule has 1 rings (SSSR count). The van der Waals surface area contributed by atoms with Crippen LogP contribution in [0.1, 0.15) is 25.3 Å². The fourth-order valence-electron chi connectivity index (χ4n) is 1.02. The molecular weight excluding hydrogens is 199 g/mol. The van der Waals surface area contributed by atoms with E-state index >= 15 is 0 Å². The van der Waals surface area contributed by atoms with E-state index in [0.29, 0.717) is 12.0 Å². The van der Waals surface area contributed by atoms with E-state index in [9.17, 15) is 9.18 Å². The Kier molecular flexibility index (Phi) is 4.09. The van der Waals surface area contributed by atoms with Crippen LogP contribution in [-0.4, -0.2) is 5.97 Å². The number of rotatable bonds is 4. The zero-order valence-corrected chi connectivity index (χ0v) is 8.75. The highest BCUT2D eigenvalue weighted by Crippen LogP contribution is 2.20. The van der Waals surface area contributed by atoms with Gasteiger partial charge < -0.3 is 0 Å². The van der Waals surface area contributed by atoms with Gasteiger partial charge in [0.2, 0.25) is 0 Å². The maximum Gasteiger partial charge on any atom is 0.355 e. The summed E-state index contributed by atoms with van der Waals surface area (Å²) in [5.74, 6) is -0.625. The second-order valence-electron chi connectivity index (χ2n) is 3.15. The fourth-order valence-corrected chi connectivity index (χ4v) is 1.02. The first-order valence-corrected chi connectivity index (χ1v) is 4.77. The third-order valence-corrected chi connectivity index (χ3v) is 1.90. The standard InChI is InChI=1S/C11H13FO3/c1-3-5-11(13)15-14-10-7-4-6-9(12)8(10)2/h4,6-7H,3,5H2,1-2H3. The quantitative estimate of drug-likeness (QED) is 0.568. The zero-order chi connectivity index (χ0) is 11.3. The van der Waals surface area contributed by atoms with E-state index in [1.165, 1.54) is 18.2 Å². The van der Waals surface area contributed by atoms with Crippen LogP contribution in [0.15, 0.2) is 18.2 Å². The molecule has 0 aliphatic heterocycles. The van der Waals surface area contributed by atoms with Crippen LogP contribution in [0.3, 0.4) is 0 Å². The number of hydrogen-bond acceptors (Lipinski definition) is 3. The number of carbonyl (C=O) groups excluding carboxylic acids is 1. The highest BCUT2D eigenvalue weighted by Gasteiger charge is 2.08. The van der Waals surface area contributed by atoms with E-state index < -0.39 is 5.97 Å². The van der Waals surface area contributed by atoms with Gasteiger partial charge in [-0.05, 0) is 25.5 Å². The van der Waals surface area contributed by atoms with Crippen molar-refractivity contribution in [3.63, 3.8) is 0 Å². The molecule has 0 saturated carbocycles. The van der Waals surface area contributed by atoms with Crippen LogP contribution in [0.5, 0.6) is 5.75 Å². The van der Waals surface area contributed by atoms with Gasteiger partial charge in [-0.2, -0.15) is 0 Å². The number of hydrogen-bond donors (Lipinski definition) is 0. The minimum atomic E-state index is -0.457. The van der Waals surface area contributed by atoms with Gasteiger partial charge in [0.25, 0.3) is 0 Å². The molecule has 0 heterocycles. The molecule has 0 amide bonds. The second kappa shape index (κ2) is 5.34. The molecule has 0 aliphatic carbocycles. The summed E-state index contributed by atoms with van der Waals surface area (Å²) in [5, 5.41) is 0. The smallest absolute Gasteiger partial charge is 0.287 e. The first-order chi connectivity index (χ1) is 7.15. The van der Waals surface area contributed by atoms with Crippen LogP contribution in [0, 0.1) is 12.7 Å². The van der Waals surface area contributed by atoms with Gasteiger partial charge in [-0.3, -0.25) is 9.78 Å². The molecule has 0 aromatic heterocycles. The molecule has 0 bridgehead atoms. The molecule has 3 nitrogen and oxygen atoms in total. The van der Waals surface area contributed by atoms with Crippen LogP contribution in [0.2, 0.25) is 0 Å². The summed E-state index contributed by atoms with van der Waals surface area (Å²) in [7, 11) is 0. The monoisotopic (exact) mass is 212 g/mol. The Hall–Kier alpha value is -1.58. The molecule has 0 radical (unpaired) electrons. The van der Waals surface area contributed by atoms with Crippen molar-refractivity contribution in [2.24, 2.45) is 0 Å². The summed E-state index contributed by atoms with van der Waals surface area (Å²) in [6, 6.07) is 4.35. The van der Waals surface area contributed by atoms with Crippen molar-refractivity contribution in [1.29, 1.82) is 0 Å². The van der Waals surface area contributed by atoms with Crippen LogP contribution < -0.4 is 4.89 Å². The normalized spacial score (nSPS) is 9.80. The Bertz CT molecular complexity index is 350. The summed E-state index contributed by atoms with van der Waals surface area (Å²) in [4.78, 5) is 20.2. The molecule has 1 aromatic rings. The van der Waals surface area contributed by atoms with Crippen molar-refractivity contribution in [2.45, 2.75) is 26.7 Å². The van der Waals surface area contributed by atoms with Crippen molar-refractivity contribution in [3.8, 4) is 5.75 Å². The van der Waals surface area contributed by atoms with Crippen LogP contribution in [-0.2, 0) is 9.68 Å². The van der Waals surface area contributed by atoms with Gasteiger partial charge in [0.1, 0.15) is 5.82 Å². The van der Waals surface area contributed by atoms with Crippen LogP contribution in [0.25, 0.3) is 0 Å². The Morgan fingerprint density at radius 2 is 2.20 bits per heavy atom. The molecule has 4 heteroatoms. The molecule has 1 aromatic carbocycles. The molecular formula is C11H13FO3. The van der Waals surface area contributed by atoms with Crippen molar-refractivity contribution in [1.82, 2.24) is 0 Å². The molecule has 0 N–H and O–H groups in total. The van der Waals surface area contributed by atoms with Gasteiger partial charge in [0, 0.05) is 12.0 Å². The molecule has 82 valence electrons. The predicted molar refractivity (Wildman–Crippen MR) is 52.8 cm³/mol. The summed E-state index contributed by atoms with van der Waals surface area (Å²) >= 11 is 0. The number of carbonyl (C=O) groups is 1. The summed E-state index contributed by atoms with van der Waals surface area (Å²) < 4.78 is 13.0.